The number of anilines is 6. The molecule has 0 amide bonds. The number of hydrogen-bond donors (Lipinski definition) is 0. The van der Waals surface area contributed by atoms with Crippen LogP contribution in [-0.2, 0) is 14.1 Å². The minimum absolute atomic E-state index is 0.852. The number of aromatic nitrogens is 2. The smallest absolute Gasteiger partial charge is 0.151 e. The number of nitrogens with zero attached hydrogens (tertiary/aromatic N) is 4. The third-order valence-electron chi connectivity index (χ3n) is 10.5. The summed E-state index contributed by atoms with van der Waals surface area (Å²) >= 11 is 0. The largest absolute Gasteiger partial charge is 0.453 e. The Hall–Kier alpha value is -6.66. The fraction of sp³-hybridized carbons (Fsp3) is 0.0455. The molecule has 238 valence electrons. The van der Waals surface area contributed by atoms with Gasteiger partial charge in [0.15, 0.2) is 23.0 Å². The highest BCUT2D eigenvalue weighted by Crippen LogP contribution is 2.52. The number of para-hydroxylation sites is 8. The van der Waals surface area contributed by atoms with Crippen molar-refractivity contribution in [3.05, 3.63) is 146 Å². The summed E-state index contributed by atoms with van der Waals surface area (Å²) in [4.78, 5) is 4.62. The highest BCUT2D eigenvalue weighted by Gasteiger charge is 2.28. The van der Waals surface area contributed by atoms with Gasteiger partial charge in [-0.1, -0.05) is 48.5 Å². The van der Waals surface area contributed by atoms with Crippen LogP contribution in [0.3, 0.4) is 0 Å². The normalized spacial score (nSPS) is 13.2. The van der Waals surface area contributed by atoms with E-state index in [4.69, 9.17) is 9.47 Å². The van der Waals surface area contributed by atoms with Gasteiger partial charge in [-0.15, -0.1) is 0 Å². The van der Waals surface area contributed by atoms with Gasteiger partial charge in [-0.05, 0) is 97.1 Å². The number of hydrogen-bond acceptors (Lipinski definition) is 4. The average Bonchev–Trinajstić information content (AvgIpc) is 3.60. The molecular formula is C44H30N4O2. The van der Waals surface area contributed by atoms with Crippen molar-refractivity contribution < 1.29 is 9.47 Å². The summed E-state index contributed by atoms with van der Waals surface area (Å²) in [5, 5.41) is 4.90. The molecule has 0 atom stereocenters. The van der Waals surface area contributed by atoms with E-state index in [0.29, 0.717) is 0 Å². The predicted octanol–water partition coefficient (Wildman–Crippen LogP) is 12.1. The van der Waals surface area contributed by atoms with Crippen LogP contribution in [0, 0.1) is 0 Å². The van der Waals surface area contributed by atoms with Crippen LogP contribution in [0.15, 0.2) is 146 Å². The first-order valence-corrected chi connectivity index (χ1v) is 16.9. The molecule has 6 nitrogen and oxygen atoms in total. The van der Waals surface area contributed by atoms with Crippen LogP contribution in [0.25, 0.3) is 43.6 Å². The van der Waals surface area contributed by atoms with E-state index in [9.17, 15) is 0 Å². The first-order valence-electron chi connectivity index (χ1n) is 16.9. The summed E-state index contributed by atoms with van der Waals surface area (Å²) in [6.07, 6.45) is 0. The van der Waals surface area contributed by atoms with E-state index in [-0.39, 0.29) is 0 Å². The van der Waals surface area contributed by atoms with Crippen LogP contribution in [0.2, 0.25) is 0 Å². The second-order valence-corrected chi connectivity index (χ2v) is 13.2. The van der Waals surface area contributed by atoms with Gasteiger partial charge in [0.05, 0.1) is 22.7 Å². The van der Waals surface area contributed by atoms with E-state index in [1.807, 2.05) is 48.5 Å². The van der Waals surface area contributed by atoms with Gasteiger partial charge >= 0.3 is 0 Å². The van der Waals surface area contributed by atoms with Gasteiger partial charge in [0.25, 0.3) is 0 Å². The Bertz CT molecular complexity index is 2590. The molecule has 2 aliphatic heterocycles. The Balaban J connectivity index is 1.11. The van der Waals surface area contributed by atoms with Crippen LogP contribution in [0.4, 0.5) is 34.1 Å². The van der Waals surface area contributed by atoms with Crippen molar-refractivity contribution in [1.29, 1.82) is 0 Å². The summed E-state index contributed by atoms with van der Waals surface area (Å²) in [7, 11) is 4.35. The van der Waals surface area contributed by atoms with Crippen LogP contribution in [-0.4, -0.2) is 9.13 Å². The molecule has 7 aromatic carbocycles. The average molecular weight is 647 g/mol. The highest BCUT2D eigenvalue weighted by atomic mass is 16.5. The minimum atomic E-state index is 0.852. The van der Waals surface area contributed by atoms with E-state index >= 15 is 0 Å². The molecule has 4 heterocycles. The molecule has 11 rings (SSSR count). The molecule has 0 saturated carbocycles. The molecule has 0 bridgehead atoms. The summed E-state index contributed by atoms with van der Waals surface area (Å²) in [6.45, 7) is 0. The Kier molecular flexibility index (Phi) is 5.43. The molecule has 9 aromatic rings. The Morgan fingerprint density at radius 2 is 0.660 bits per heavy atom. The van der Waals surface area contributed by atoms with Crippen molar-refractivity contribution in [2.45, 2.75) is 0 Å². The summed E-state index contributed by atoms with van der Waals surface area (Å²) in [5.41, 5.74) is 11.1. The van der Waals surface area contributed by atoms with E-state index < -0.39 is 0 Å². The summed E-state index contributed by atoms with van der Waals surface area (Å²) in [6, 6.07) is 51.4. The molecule has 0 aliphatic carbocycles. The molecule has 0 radical (unpaired) electrons. The minimum Gasteiger partial charge on any atom is -0.453 e. The van der Waals surface area contributed by atoms with Gasteiger partial charge in [0.1, 0.15) is 0 Å². The maximum atomic E-state index is 6.31. The molecule has 0 spiro atoms. The second kappa shape index (κ2) is 9.94. The molecule has 0 unspecified atom stereocenters. The molecule has 0 saturated heterocycles. The number of benzene rings is 7. The van der Waals surface area contributed by atoms with Crippen molar-refractivity contribution in [3.8, 4) is 23.0 Å². The van der Waals surface area contributed by atoms with E-state index in [0.717, 1.165) is 57.1 Å². The van der Waals surface area contributed by atoms with E-state index in [2.05, 4.69) is 130 Å². The molecule has 50 heavy (non-hydrogen) atoms. The lowest BCUT2D eigenvalue weighted by Gasteiger charge is -2.32. The SMILES string of the molecule is Cn1c2ccc(N3c4ccccc4Oc4ccccc43)cc2c2cc3c(cc21)c1cc(N2c4ccccc4Oc4ccccc42)ccc1n3C. The third-order valence-corrected chi connectivity index (χ3v) is 10.5. The lowest BCUT2D eigenvalue weighted by atomic mass is 10.1. The topological polar surface area (TPSA) is 34.8 Å². The maximum Gasteiger partial charge on any atom is 0.151 e. The summed E-state index contributed by atoms with van der Waals surface area (Å²) in [5.74, 6) is 3.41. The fourth-order valence-electron chi connectivity index (χ4n) is 8.13. The number of rotatable bonds is 2. The third kappa shape index (κ3) is 3.67. The van der Waals surface area contributed by atoms with Crippen molar-refractivity contribution in [2.24, 2.45) is 14.1 Å². The van der Waals surface area contributed by atoms with Crippen molar-refractivity contribution in [3.63, 3.8) is 0 Å². The van der Waals surface area contributed by atoms with Crippen molar-refractivity contribution >= 4 is 77.7 Å². The molecule has 2 aliphatic rings. The van der Waals surface area contributed by atoms with Gasteiger partial charge in [-0.2, -0.15) is 0 Å². The lowest BCUT2D eigenvalue weighted by Crippen LogP contribution is -2.15. The quantitative estimate of drug-likeness (QED) is 0.187. The number of fused-ring (bicyclic) bond motifs is 10. The molecular weight excluding hydrogens is 617 g/mol. The molecule has 6 heteroatoms. The monoisotopic (exact) mass is 646 g/mol. The molecule has 0 fully saturated rings. The van der Waals surface area contributed by atoms with Crippen molar-refractivity contribution in [1.82, 2.24) is 9.13 Å². The second-order valence-electron chi connectivity index (χ2n) is 13.2. The highest BCUT2D eigenvalue weighted by molar-refractivity contribution is 6.19. The van der Waals surface area contributed by atoms with Gasteiger partial charge in [-0.25, -0.2) is 0 Å². The van der Waals surface area contributed by atoms with Gasteiger partial charge in [0.2, 0.25) is 0 Å². The Labute approximate surface area is 288 Å². The van der Waals surface area contributed by atoms with E-state index in [1.54, 1.807) is 0 Å². The first-order chi connectivity index (χ1) is 24.6. The van der Waals surface area contributed by atoms with Gasteiger partial charge < -0.3 is 28.4 Å². The van der Waals surface area contributed by atoms with Crippen LogP contribution in [0.5, 0.6) is 23.0 Å². The Morgan fingerprint density at radius 1 is 0.340 bits per heavy atom. The lowest BCUT2D eigenvalue weighted by molar-refractivity contribution is 0.477. The standard InChI is InChI=1S/C44H30N4O2/c1-45-33-21-19-27(47-35-11-3-7-15-41(35)49-42-16-8-4-12-36(42)47)23-29(33)31-26-40-32(25-39(31)45)30-24-28(20-22-34(30)46(40)2)48-37-13-5-9-17-43(37)50-44-18-10-6-14-38(44)48/h3-26H,1-2H3. The van der Waals surface area contributed by atoms with E-state index in [1.165, 1.54) is 43.6 Å². The van der Waals surface area contributed by atoms with Crippen LogP contribution >= 0.6 is 0 Å². The zero-order valence-corrected chi connectivity index (χ0v) is 27.5. The predicted molar refractivity (Wildman–Crippen MR) is 204 cm³/mol. The number of ether oxygens (including phenoxy) is 2. The summed E-state index contributed by atoms with van der Waals surface area (Å²) < 4.78 is 17.3. The van der Waals surface area contributed by atoms with Crippen LogP contribution in [0.1, 0.15) is 0 Å². The molecule has 0 N–H and O–H groups in total. The first kappa shape index (κ1) is 27.3. The zero-order chi connectivity index (χ0) is 33.1. The Morgan fingerprint density at radius 3 is 1.02 bits per heavy atom. The molecule has 2 aromatic heterocycles. The fourth-order valence-corrected chi connectivity index (χ4v) is 8.13. The maximum absolute atomic E-state index is 6.31. The van der Waals surface area contributed by atoms with Gasteiger partial charge in [-0.3, -0.25) is 0 Å². The van der Waals surface area contributed by atoms with Crippen molar-refractivity contribution in [2.75, 3.05) is 9.80 Å². The van der Waals surface area contributed by atoms with Crippen LogP contribution < -0.4 is 19.3 Å². The van der Waals surface area contributed by atoms with Gasteiger partial charge in [0, 0.05) is 69.1 Å². The number of aryl methyl sites for hydroxylation is 2. The zero-order valence-electron chi connectivity index (χ0n) is 27.5.